The number of nitrogens with one attached hydrogen (secondary N) is 1. The van der Waals surface area contributed by atoms with Gasteiger partial charge >= 0.3 is 0 Å². The second-order valence-electron chi connectivity index (χ2n) is 5.55. The van der Waals surface area contributed by atoms with Gasteiger partial charge in [-0.05, 0) is 51.0 Å². The number of benzene rings is 1. The Balaban J connectivity index is 1.77. The molecule has 2 N–H and O–H groups in total. The van der Waals surface area contributed by atoms with Crippen molar-refractivity contribution in [3.63, 3.8) is 0 Å². The molecule has 0 atom stereocenters. The number of piperidine rings is 1. The first-order chi connectivity index (χ1) is 9.13. The number of allylic oxidation sites excluding steroid dienone is 1. The number of aromatic hydroxyl groups is 1. The van der Waals surface area contributed by atoms with Crippen molar-refractivity contribution in [3.8, 4) is 5.75 Å². The highest BCUT2D eigenvalue weighted by molar-refractivity contribution is 5.46. The van der Waals surface area contributed by atoms with Gasteiger partial charge < -0.3 is 10.4 Å². The standard InChI is InChI=1S/C16H24N2O/c1-13(2)7-10-18-11-8-15(9-12-18)17-14-3-5-16(19)6-4-14/h3-7,15,17,19H,8-12H2,1-2H3. The van der Waals surface area contributed by atoms with Crippen LogP contribution in [-0.2, 0) is 0 Å². The molecule has 3 nitrogen and oxygen atoms in total. The lowest BCUT2D eigenvalue weighted by molar-refractivity contribution is 0.240. The van der Waals surface area contributed by atoms with Gasteiger partial charge in [-0.25, -0.2) is 0 Å². The van der Waals surface area contributed by atoms with Crippen LogP contribution in [0.15, 0.2) is 35.9 Å². The highest BCUT2D eigenvalue weighted by Crippen LogP contribution is 2.19. The molecule has 0 bridgehead atoms. The summed E-state index contributed by atoms with van der Waals surface area (Å²) in [6, 6.07) is 7.88. The average molecular weight is 260 g/mol. The molecule has 0 aromatic heterocycles. The van der Waals surface area contributed by atoms with Crippen molar-refractivity contribution in [2.24, 2.45) is 0 Å². The maximum absolute atomic E-state index is 9.26. The first-order valence-corrected chi connectivity index (χ1v) is 7.05. The molecule has 1 aromatic rings. The number of hydrogen-bond donors (Lipinski definition) is 2. The summed E-state index contributed by atoms with van der Waals surface area (Å²) in [5.74, 6) is 0.321. The van der Waals surface area contributed by atoms with E-state index in [0.717, 1.165) is 25.3 Å². The van der Waals surface area contributed by atoms with Crippen LogP contribution in [0.2, 0.25) is 0 Å². The van der Waals surface area contributed by atoms with Gasteiger partial charge in [0.2, 0.25) is 0 Å². The summed E-state index contributed by atoms with van der Waals surface area (Å²) in [6.45, 7) is 7.69. The number of rotatable bonds is 4. The van der Waals surface area contributed by atoms with Crippen LogP contribution in [0.25, 0.3) is 0 Å². The summed E-state index contributed by atoms with van der Waals surface area (Å²) in [5.41, 5.74) is 2.49. The zero-order valence-electron chi connectivity index (χ0n) is 11.9. The van der Waals surface area contributed by atoms with Gasteiger partial charge in [0, 0.05) is 31.4 Å². The molecule has 0 amide bonds. The molecule has 0 aliphatic carbocycles. The molecule has 19 heavy (non-hydrogen) atoms. The van der Waals surface area contributed by atoms with Crippen molar-refractivity contribution in [3.05, 3.63) is 35.9 Å². The lowest BCUT2D eigenvalue weighted by atomic mass is 10.0. The Kier molecular flexibility index (Phi) is 4.86. The molecule has 1 aromatic carbocycles. The number of phenolic OH excluding ortho intramolecular Hbond substituents is 1. The molecule has 0 spiro atoms. The minimum Gasteiger partial charge on any atom is -0.508 e. The SMILES string of the molecule is CC(C)=CCN1CCC(Nc2ccc(O)cc2)CC1. The van der Waals surface area contributed by atoms with E-state index in [-0.39, 0.29) is 0 Å². The smallest absolute Gasteiger partial charge is 0.115 e. The predicted molar refractivity (Wildman–Crippen MR) is 80.6 cm³/mol. The number of anilines is 1. The summed E-state index contributed by atoms with van der Waals surface area (Å²) < 4.78 is 0. The first-order valence-electron chi connectivity index (χ1n) is 7.05. The van der Waals surface area contributed by atoms with Crippen molar-refractivity contribution >= 4 is 5.69 Å². The molecule has 0 unspecified atom stereocenters. The summed E-state index contributed by atoms with van der Waals surface area (Å²) in [4.78, 5) is 2.50. The van der Waals surface area contributed by atoms with Gasteiger partial charge in [0.25, 0.3) is 0 Å². The minimum atomic E-state index is 0.321. The molecule has 0 saturated carbocycles. The summed E-state index contributed by atoms with van der Waals surface area (Å²) in [5, 5.41) is 12.8. The van der Waals surface area contributed by atoms with E-state index in [1.807, 2.05) is 12.1 Å². The molecular formula is C16H24N2O. The van der Waals surface area contributed by atoms with Gasteiger partial charge in [-0.15, -0.1) is 0 Å². The largest absolute Gasteiger partial charge is 0.508 e. The van der Waals surface area contributed by atoms with Gasteiger partial charge in [0.15, 0.2) is 0 Å². The predicted octanol–water partition coefficient (Wildman–Crippen LogP) is 3.23. The Labute approximate surface area is 115 Å². The van der Waals surface area contributed by atoms with Crippen LogP contribution in [0.4, 0.5) is 5.69 Å². The van der Waals surface area contributed by atoms with Gasteiger partial charge in [0.05, 0.1) is 0 Å². The van der Waals surface area contributed by atoms with Crippen LogP contribution in [0.1, 0.15) is 26.7 Å². The van der Waals surface area contributed by atoms with E-state index in [9.17, 15) is 5.11 Å². The fourth-order valence-electron chi connectivity index (χ4n) is 2.36. The number of hydrogen-bond acceptors (Lipinski definition) is 3. The summed E-state index contributed by atoms with van der Waals surface area (Å²) in [7, 11) is 0. The van der Waals surface area contributed by atoms with Crippen molar-refractivity contribution in [1.29, 1.82) is 0 Å². The van der Waals surface area contributed by atoms with Crippen molar-refractivity contribution in [2.45, 2.75) is 32.7 Å². The number of likely N-dealkylation sites (tertiary alicyclic amines) is 1. The Morgan fingerprint density at radius 1 is 1.26 bits per heavy atom. The Morgan fingerprint density at radius 3 is 2.47 bits per heavy atom. The van der Waals surface area contributed by atoms with E-state index >= 15 is 0 Å². The fraction of sp³-hybridized carbons (Fsp3) is 0.500. The van der Waals surface area contributed by atoms with Gasteiger partial charge in [-0.2, -0.15) is 0 Å². The zero-order chi connectivity index (χ0) is 13.7. The lowest BCUT2D eigenvalue weighted by Gasteiger charge is -2.32. The van der Waals surface area contributed by atoms with E-state index in [1.165, 1.54) is 18.4 Å². The first kappa shape index (κ1) is 13.9. The van der Waals surface area contributed by atoms with Crippen LogP contribution in [0.5, 0.6) is 5.75 Å². The topological polar surface area (TPSA) is 35.5 Å². The molecular weight excluding hydrogens is 236 g/mol. The van der Waals surface area contributed by atoms with Gasteiger partial charge in [-0.3, -0.25) is 4.90 Å². The van der Waals surface area contributed by atoms with E-state index in [1.54, 1.807) is 12.1 Å². The van der Waals surface area contributed by atoms with Crippen LogP contribution >= 0.6 is 0 Å². The van der Waals surface area contributed by atoms with Crippen molar-refractivity contribution < 1.29 is 5.11 Å². The van der Waals surface area contributed by atoms with E-state index in [0.29, 0.717) is 11.8 Å². The molecule has 1 heterocycles. The molecule has 1 fully saturated rings. The van der Waals surface area contributed by atoms with Gasteiger partial charge in [0.1, 0.15) is 5.75 Å². The molecule has 1 saturated heterocycles. The molecule has 104 valence electrons. The highest BCUT2D eigenvalue weighted by atomic mass is 16.3. The summed E-state index contributed by atoms with van der Waals surface area (Å²) >= 11 is 0. The molecule has 1 aliphatic heterocycles. The van der Waals surface area contributed by atoms with E-state index in [2.05, 4.69) is 30.1 Å². The van der Waals surface area contributed by atoms with Crippen LogP contribution in [0, 0.1) is 0 Å². The third kappa shape index (κ3) is 4.60. The second-order valence-corrected chi connectivity index (χ2v) is 5.55. The highest BCUT2D eigenvalue weighted by Gasteiger charge is 2.17. The quantitative estimate of drug-likeness (QED) is 0.644. The monoisotopic (exact) mass is 260 g/mol. The van der Waals surface area contributed by atoms with Crippen LogP contribution in [-0.4, -0.2) is 35.7 Å². The maximum atomic E-state index is 9.26. The van der Waals surface area contributed by atoms with Gasteiger partial charge in [-0.1, -0.05) is 11.6 Å². The number of nitrogens with zero attached hydrogens (tertiary/aromatic N) is 1. The lowest BCUT2D eigenvalue weighted by Crippen LogP contribution is -2.39. The zero-order valence-corrected chi connectivity index (χ0v) is 11.9. The third-order valence-corrected chi connectivity index (χ3v) is 3.58. The Bertz CT molecular complexity index is 413. The molecule has 2 rings (SSSR count). The molecule has 1 aliphatic rings. The van der Waals surface area contributed by atoms with E-state index < -0.39 is 0 Å². The average Bonchev–Trinajstić information content (AvgIpc) is 2.40. The Hall–Kier alpha value is -1.48. The minimum absolute atomic E-state index is 0.321. The van der Waals surface area contributed by atoms with E-state index in [4.69, 9.17) is 0 Å². The van der Waals surface area contributed by atoms with Crippen molar-refractivity contribution in [1.82, 2.24) is 4.90 Å². The normalized spacial score (nSPS) is 17.2. The Morgan fingerprint density at radius 2 is 1.89 bits per heavy atom. The third-order valence-electron chi connectivity index (χ3n) is 3.58. The maximum Gasteiger partial charge on any atom is 0.115 e. The number of phenols is 1. The second kappa shape index (κ2) is 6.62. The van der Waals surface area contributed by atoms with Crippen LogP contribution in [0.3, 0.4) is 0 Å². The molecule has 3 heteroatoms. The van der Waals surface area contributed by atoms with Crippen LogP contribution < -0.4 is 5.32 Å². The fourth-order valence-corrected chi connectivity index (χ4v) is 2.36. The summed E-state index contributed by atoms with van der Waals surface area (Å²) in [6.07, 6.45) is 4.66. The molecule has 0 radical (unpaired) electrons. The van der Waals surface area contributed by atoms with Crippen molar-refractivity contribution in [2.75, 3.05) is 25.0 Å².